The van der Waals surface area contributed by atoms with E-state index in [-0.39, 0.29) is 13.2 Å². The minimum absolute atomic E-state index is 0.234. The molecular formula is C38H42O7. The first-order valence-electron chi connectivity index (χ1n) is 15.4. The Labute approximate surface area is 265 Å². The van der Waals surface area contributed by atoms with Gasteiger partial charge in [0.15, 0.2) is 6.29 Å². The molecule has 0 amide bonds. The second kappa shape index (κ2) is 17.7. The van der Waals surface area contributed by atoms with Crippen LogP contribution in [-0.4, -0.2) is 55.1 Å². The van der Waals surface area contributed by atoms with E-state index in [2.05, 4.69) is 6.58 Å². The maximum absolute atomic E-state index is 10.6. The van der Waals surface area contributed by atoms with E-state index in [0.29, 0.717) is 26.4 Å². The molecule has 7 heteroatoms. The van der Waals surface area contributed by atoms with Gasteiger partial charge < -0.3 is 33.5 Å². The molecule has 5 rings (SSSR count). The predicted octanol–water partition coefficient (Wildman–Crippen LogP) is 6.25. The number of aliphatic hydroxyl groups is 1. The van der Waals surface area contributed by atoms with Crippen LogP contribution in [0, 0.1) is 0 Å². The smallest absolute Gasteiger partial charge is 0.187 e. The fourth-order valence-corrected chi connectivity index (χ4v) is 5.32. The van der Waals surface area contributed by atoms with Crippen LogP contribution in [0.3, 0.4) is 0 Å². The molecular weight excluding hydrogens is 568 g/mol. The van der Waals surface area contributed by atoms with Crippen LogP contribution in [0.25, 0.3) is 0 Å². The molecule has 1 aliphatic heterocycles. The molecule has 45 heavy (non-hydrogen) atoms. The molecule has 0 spiro atoms. The second-order valence-electron chi connectivity index (χ2n) is 10.9. The molecule has 4 aromatic carbocycles. The van der Waals surface area contributed by atoms with E-state index in [1.807, 2.05) is 121 Å². The van der Waals surface area contributed by atoms with Crippen molar-refractivity contribution >= 4 is 0 Å². The summed E-state index contributed by atoms with van der Waals surface area (Å²) in [6.07, 6.45) is -2.64. The third kappa shape index (κ3) is 9.66. The topological polar surface area (TPSA) is 75.6 Å². The van der Waals surface area contributed by atoms with Crippen molar-refractivity contribution in [3.63, 3.8) is 0 Å². The number of hydrogen-bond donors (Lipinski definition) is 1. The van der Waals surface area contributed by atoms with Crippen molar-refractivity contribution in [2.24, 2.45) is 0 Å². The molecule has 0 aliphatic carbocycles. The Morgan fingerprint density at radius 1 is 0.578 bits per heavy atom. The van der Waals surface area contributed by atoms with Gasteiger partial charge in [0.25, 0.3) is 0 Å². The van der Waals surface area contributed by atoms with Crippen LogP contribution in [0.4, 0.5) is 0 Å². The molecule has 0 aromatic heterocycles. The lowest BCUT2D eigenvalue weighted by atomic mass is 9.94. The Balaban J connectivity index is 1.47. The van der Waals surface area contributed by atoms with E-state index in [1.165, 1.54) is 0 Å². The first kappa shape index (κ1) is 32.7. The van der Waals surface area contributed by atoms with Gasteiger partial charge >= 0.3 is 0 Å². The third-order valence-corrected chi connectivity index (χ3v) is 7.62. The molecule has 1 aliphatic rings. The Hall–Kier alpha value is -3.66. The summed E-state index contributed by atoms with van der Waals surface area (Å²) in [6, 6.07) is 39.7. The van der Waals surface area contributed by atoms with Gasteiger partial charge in [-0.05, 0) is 22.3 Å². The fraction of sp³-hybridized carbons (Fsp3) is 0.316. The van der Waals surface area contributed by atoms with Crippen molar-refractivity contribution in [2.75, 3.05) is 13.2 Å². The summed E-state index contributed by atoms with van der Waals surface area (Å²) in [5.41, 5.74) is 3.99. The molecule has 7 nitrogen and oxygen atoms in total. The van der Waals surface area contributed by atoms with E-state index in [9.17, 15) is 5.11 Å². The summed E-state index contributed by atoms with van der Waals surface area (Å²) in [4.78, 5) is 0. The molecule has 1 N–H and O–H groups in total. The van der Waals surface area contributed by atoms with Crippen LogP contribution in [0.5, 0.6) is 0 Å². The van der Waals surface area contributed by atoms with Crippen LogP contribution in [-0.2, 0) is 54.8 Å². The first-order chi connectivity index (χ1) is 22.2. The quantitative estimate of drug-likeness (QED) is 0.142. The van der Waals surface area contributed by atoms with Crippen molar-refractivity contribution in [2.45, 2.75) is 63.2 Å². The van der Waals surface area contributed by atoms with E-state index < -0.39 is 36.8 Å². The normalized spacial score (nSPS) is 22.1. The van der Waals surface area contributed by atoms with Crippen molar-refractivity contribution < 1.29 is 33.5 Å². The van der Waals surface area contributed by atoms with Gasteiger partial charge in [0, 0.05) is 0 Å². The van der Waals surface area contributed by atoms with Gasteiger partial charge in [-0.3, -0.25) is 0 Å². The average molecular weight is 611 g/mol. The number of rotatable bonds is 17. The van der Waals surface area contributed by atoms with Gasteiger partial charge in [0.2, 0.25) is 0 Å². The minimum atomic E-state index is -0.844. The Bertz CT molecular complexity index is 1370. The lowest BCUT2D eigenvalue weighted by Crippen LogP contribution is -2.64. The van der Waals surface area contributed by atoms with Gasteiger partial charge in [-0.1, -0.05) is 127 Å². The van der Waals surface area contributed by atoms with Crippen molar-refractivity contribution in [1.29, 1.82) is 0 Å². The second-order valence-corrected chi connectivity index (χ2v) is 10.9. The summed E-state index contributed by atoms with van der Waals surface area (Å²) in [7, 11) is 0. The van der Waals surface area contributed by atoms with Crippen molar-refractivity contribution in [1.82, 2.24) is 0 Å². The maximum atomic E-state index is 10.6. The van der Waals surface area contributed by atoms with Crippen molar-refractivity contribution in [3.8, 4) is 0 Å². The average Bonchev–Trinajstić information content (AvgIpc) is 3.10. The summed E-state index contributed by atoms with van der Waals surface area (Å²) in [5, 5.41) is 10.6. The largest absolute Gasteiger partial charge is 0.394 e. The van der Waals surface area contributed by atoms with Crippen LogP contribution >= 0.6 is 0 Å². The molecule has 1 saturated heterocycles. The van der Waals surface area contributed by atoms with Crippen LogP contribution in [0.15, 0.2) is 134 Å². The zero-order valence-corrected chi connectivity index (χ0v) is 25.4. The number of benzene rings is 4. The van der Waals surface area contributed by atoms with E-state index >= 15 is 0 Å². The molecule has 1 heterocycles. The van der Waals surface area contributed by atoms with Gasteiger partial charge in [0.05, 0.1) is 39.6 Å². The van der Waals surface area contributed by atoms with Gasteiger partial charge in [-0.2, -0.15) is 0 Å². The molecule has 4 aromatic rings. The highest BCUT2D eigenvalue weighted by atomic mass is 16.7. The monoisotopic (exact) mass is 610 g/mol. The van der Waals surface area contributed by atoms with Crippen LogP contribution < -0.4 is 0 Å². The van der Waals surface area contributed by atoms with E-state index in [4.69, 9.17) is 28.4 Å². The number of hydrogen-bond acceptors (Lipinski definition) is 7. The van der Waals surface area contributed by atoms with Crippen LogP contribution in [0.2, 0.25) is 0 Å². The summed E-state index contributed by atoms with van der Waals surface area (Å²) in [5.74, 6) is 0. The Kier molecular flexibility index (Phi) is 12.9. The van der Waals surface area contributed by atoms with Crippen molar-refractivity contribution in [3.05, 3.63) is 156 Å². The number of ether oxygens (including phenoxy) is 6. The summed E-state index contributed by atoms with van der Waals surface area (Å²) < 4.78 is 39.0. The molecule has 0 saturated carbocycles. The van der Waals surface area contributed by atoms with E-state index in [1.54, 1.807) is 6.08 Å². The molecule has 6 atom stereocenters. The highest BCUT2D eigenvalue weighted by Gasteiger charge is 2.51. The Morgan fingerprint density at radius 3 is 1.44 bits per heavy atom. The van der Waals surface area contributed by atoms with Crippen LogP contribution in [0.1, 0.15) is 22.3 Å². The molecule has 236 valence electrons. The zero-order valence-electron chi connectivity index (χ0n) is 25.4. The fourth-order valence-electron chi connectivity index (χ4n) is 5.32. The molecule has 0 unspecified atom stereocenters. The molecule has 0 bridgehead atoms. The van der Waals surface area contributed by atoms with Gasteiger partial charge in [-0.15, -0.1) is 6.58 Å². The predicted molar refractivity (Wildman–Crippen MR) is 172 cm³/mol. The lowest BCUT2D eigenvalue weighted by molar-refractivity contribution is -0.336. The SMILES string of the molecule is C=CCO[C@H]1O[C@H]([C@@H](CO)OCc2ccccc2)[C@@H](OCc2ccccc2)[C@H](OCc2ccccc2)[C@@H]1OCc1ccccc1. The van der Waals surface area contributed by atoms with E-state index in [0.717, 1.165) is 22.3 Å². The summed E-state index contributed by atoms with van der Waals surface area (Å²) in [6.45, 7) is 5.00. The molecule has 0 radical (unpaired) electrons. The third-order valence-electron chi connectivity index (χ3n) is 7.62. The first-order valence-corrected chi connectivity index (χ1v) is 15.4. The Morgan fingerprint density at radius 2 is 1.00 bits per heavy atom. The summed E-state index contributed by atoms with van der Waals surface area (Å²) >= 11 is 0. The zero-order chi connectivity index (χ0) is 31.1. The maximum Gasteiger partial charge on any atom is 0.187 e. The highest BCUT2D eigenvalue weighted by Crippen LogP contribution is 2.33. The van der Waals surface area contributed by atoms with Gasteiger partial charge in [0.1, 0.15) is 30.5 Å². The van der Waals surface area contributed by atoms with Gasteiger partial charge in [-0.25, -0.2) is 0 Å². The minimum Gasteiger partial charge on any atom is -0.394 e. The standard InChI is InChI=1S/C38H42O7/c1-2-23-40-38-37(44-28-32-21-13-6-14-22-32)36(43-27-31-19-11-5-12-20-31)35(42-26-30-17-9-4-10-18-30)34(45-38)33(24-39)41-25-29-15-7-3-8-16-29/h2-22,33-39H,1,23-28H2/t33-,34-,35-,36+,37+,38+/m1/s1. The molecule has 1 fully saturated rings. The highest BCUT2D eigenvalue weighted by molar-refractivity contribution is 5.16. The number of aliphatic hydroxyl groups excluding tert-OH is 1. The lowest BCUT2D eigenvalue weighted by Gasteiger charge is -2.47.